The first-order valence-corrected chi connectivity index (χ1v) is 11.7. The van der Waals surface area contributed by atoms with Gasteiger partial charge in [-0.15, -0.1) is 0 Å². The first-order valence-electron chi connectivity index (χ1n) is 9.39. The minimum atomic E-state index is -3.18. The van der Waals surface area contributed by atoms with Crippen molar-refractivity contribution in [1.29, 1.82) is 0 Å². The molecule has 2 N–H and O–H groups in total. The Morgan fingerprint density at radius 1 is 1.37 bits per heavy atom. The zero-order chi connectivity index (χ0) is 19.8. The molecule has 148 valence electrons. The van der Waals surface area contributed by atoms with Gasteiger partial charge in [-0.25, -0.2) is 18.1 Å². The topological polar surface area (TPSA) is 74.8 Å². The lowest BCUT2D eigenvalue weighted by atomic mass is 9.70. The first-order chi connectivity index (χ1) is 12.6. The second-order valence-electron chi connectivity index (χ2n) is 8.08. The summed E-state index contributed by atoms with van der Waals surface area (Å²) in [5.74, 6) is 2.53. The van der Waals surface area contributed by atoms with E-state index >= 15 is 0 Å². The predicted octanol–water partition coefficient (Wildman–Crippen LogP) is 4.16. The van der Waals surface area contributed by atoms with Crippen LogP contribution >= 0.6 is 11.6 Å². The predicted molar refractivity (Wildman–Crippen MR) is 111 cm³/mol. The highest BCUT2D eigenvalue weighted by Gasteiger charge is 2.32. The quantitative estimate of drug-likeness (QED) is 0.703. The number of benzene rings is 1. The van der Waals surface area contributed by atoms with Gasteiger partial charge >= 0.3 is 0 Å². The molecule has 0 amide bonds. The molecule has 0 aliphatic heterocycles. The second-order valence-corrected chi connectivity index (χ2v) is 10.4. The van der Waals surface area contributed by atoms with E-state index in [0.29, 0.717) is 29.3 Å². The summed E-state index contributed by atoms with van der Waals surface area (Å²) >= 11 is 6.07. The Morgan fingerprint density at radius 3 is 2.78 bits per heavy atom. The molecule has 0 saturated heterocycles. The molecule has 0 unspecified atom stereocenters. The maximum absolute atomic E-state index is 11.5. The van der Waals surface area contributed by atoms with Crippen LogP contribution in [0.25, 0.3) is 11.0 Å². The fraction of sp³-hybridized carbons (Fsp3) is 0.550. The van der Waals surface area contributed by atoms with Gasteiger partial charge in [-0.3, -0.25) is 0 Å². The van der Waals surface area contributed by atoms with Gasteiger partial charge in [-0.1, -0.05) is 37.1 Å². The molecule has 3 rings (SSSR count). The van der Waals surface area contributed by atoms with Crippen molar-refractivity contribution < 1.29 is 8.42 Å². The van der Waals surface area contributed by atoms with E-state index in [0.717, 1.165) is 29.7 Å². The van der Waals surface area contributed by atoms with E-state index in [1.165, 1.54) is 11.8 Å². The number of nitrogens with one attached hydrogen (secondary N) is 2. The number of hydrogen-bond donors (Lipinski definition) is 2. The maximum Gasteiger partial charge on any atom is 0.208 e. The third-order valence-electron chi connectivity index (χ3n) is 5.60. The number of hydrogen-bond acceptors (Lipinski definition) is 3. The molecule has 0 radical (unpaired) electrons. The van der Waals surface area contributed by atoms with Crippen molar-refractivity contribution >= 4 is 32.7 Å². The van der Waals surface area contributed by atoms with Gasteiger partial charge in [0.2, 0.25) is 10.0 Å². The molecular formula is C20H28ClN3O2S. The van der Waals surface area contributed by atoms with Gasteiger partial charge in [0.1, 0.15) is 5.82 Å². The van der Waals surface area contributed by atoms with Crippen LogP contribution in [0.1, 0.15) is 33.0 Å². The van der Waals surface area contributed by atoms with Crippen molar-refractivity contribution in [3.8, 4) is 0 Å². The van der Waals surface area contributed by atoms with E-state index in [4.69, 9.17) is 16.6 Å². The minimum absolute atomic E-state index is 0.227. The number of imidazole rings is 1. The van der Waals surface area contributed by atoms with Gasteiger partial charge in [0.05, 0.1) is 17.3 Å². The van der Waals surface area contributed by atoms with Crippen molar-refractivity contribution in [1.82, 2.24) is 14.7 Å². The molecular weight excluding hydrogens is 382 g/mol. The summed E-state index contributed by atoms with van der Waals surface area (Å²) in [6, 6.07) is 5.69. The Bertz CT molecular complexity index is 949. The lowest BCUT2D eigenvalue weighted by Crippen LogP contribution is -2.36. The van der Waals surface area contributed by atoms with Crippen LogP contribution in [0.3, 0.4) is 0 Å². The van der Waals surface area contributed by atoms with Crippen LogP contribution in [0.15, 0.2) is 29.8 Å². The molecule has 7 heteroatoms. The zero-order valence-electron chi connectivity index (χ0n) is 16.3. The van der Waals surface area contributed by atoms with Crippen LogP contribution in [-0.4, -0.2) is 31.2 Å². The Labute approximate surface area is 166 Å². The summed E-state index contributed by atoms with van der Waals surface area (Å²) in [6.45, 7) is 7.04. The molecule has 1 aliphatic rings. The number of allylic oxidation sites excluding steroid dienone is 1. The van der Waals surface area contributed by atoms with Gasteiger partial charge in [-0.05, 0) is 55.2 Å². The number of halogens is 1. The number of rotatable bonds is 6. The highest BCUT2D eigenvalue weighted by Crippen LogP contribution is 2.38. The summed E-state index contributed by atoms with van der Waals surface area (Å²) in [5.41, 5.74) is 3.21. The molecule has 0 fully saturated rings. The smallest absolute Gasteiger partial charge is 0.208 e. The summed E-state index contributed by atoms with van der Waals surface area (Å²) in [4.78, 5) is 8.10. The van der Waals surface area contributed by atoms with Crippen LogP contribution < -0.4 is 4.72 Å². The average molecular weight is 410 g/mol. The second kappa shape index (κ2) is 7.94. The van der Waals surface area contributed by atoms with E-state index in [9.17, 15) is 8.42 Å². The molecule has 0 spiro atoms. The summed E-state index contributed by atoms with van der Waals surface area (Å²) in [7, 11) is -3.18. The summed E-state index contributed by atoms with van der Waals surface area (Å²) < 4.78 is 25.7. The Morgan fingerprint density at radius 2 is 2.11 bits per heavy atom. The summed E-state index contributed by atoms with van der Waals surface area (Å²) in [6.07, 6.45) is 5.36. The van der Waals surface area contributed by atoms with Gasteiger partial charge in [0.25, 0.3) is 0 Å². The number of aromatic amines is 1. The third-order valence-corrected chi connectivity index (χ3v) is 6.52. The van der Waals surface area contributed by atoms with Crippen LogP contribution in [0.5, 0.6) is 0 Å². The first kappa shape index (κ1) is 20.4. The van der Waals surface area contributed by atoms with Crippen LogP contribution in [-0.2, 0) is 16.4 Å². The Kier molecular flexibility index (Phi) is 5.99. The number of sulfonamides is 1. The van der Waals surface area contributed by atoms with E-state index in [1.807, 2.05) is 18.2 Å². The molecule has 1 heterocycles. The standard InChI is InChI=1S/C20H28ClN3O2S/c1-12(2)17-8-14(13(3)7-15(17)11-22-27(4,25)26)9-20-23-18-6-5-16(21)10-19(18)24-20/h5-7,10,12,14-15,17,22H,8-9,11H2,1-4H3,(H,23,24)/t14-,15-,17-/m0/s1. The van der Waals surface area contributed by atoms with Crippen molar-refractivity contribution in [2.24, 2.45) is 23.7 Å². The van der Waals surface area contributed by atoms with E-state index in [2.05, 4.69) is 36.6 Å². The minimum Gasteiger partial charge on any atom is -0.342 e. The fourth-order valence-electron chi connectivity index (χ4n) is 4.12. The van der Waals surface area contributed by atoms with Gasteiger partial charge < -0.3 is 4.98 Å². The van der Waals surface area contributed by atoms with Crippen LogP contribution in [0.4, 0.5) is 0 Å². The number of aromatic nitrogens is 2. The molecule has 3 atom stereocenters. The molecule has 2 aromatic rings. The Balaban J connectivity index is 1.79. The number of H-pyrrole nitrogens is 1. The van der Waals surface area contributed by atoms with E-state index in [-0.39, 0.29) is 5.92 Å². The monoisotopic (exact) mass is 409 g/mol. The summed E-state index contributed by atoms with van der Waals surface area (Å²) in [5, 5.41) is 0.701. The lowest BCUT2D eigenvalue weighted by Gasteiger charge is -2.37. The molecule has 0 saturated carbocycles. The lowest BCUT2D eigenvalue weighted by molar-refractivity contribution is 0.227. The van der Waals surface area contributed by atoms with E-state index < -0.39 is 10.0 Å². The molecule has 5 nitrogen and oxygen atoms in total. The van der Waals surface area contributed by atoms with Crippen molar-refractivity contribution in [3.63, 3.8) is 0 Å². The SMILES string of the molecule is CC1=C[C@@H](CNS(C)(=O)=O)[C@H](C(C)C)C[C@H]1Cc1nc2ccc(Cl)cc2[nH]1. The zero-order valence-corrected chi connectivity index (χ0v) is 17.9. The highest BCUT2D eigenvalue weighted by atomic mass is 35.5. The fourth-order valence-corrected chi connectivity index (χ4v) is 4.79. The van der Waals surface area contributed by atoms with Crippen LogP contribution in [0, 0.1) is 23.7 Å². The maximum atomic E-state index is 11.5. The normalized spacial score (nSPS) is 23.8. The highest BCUT2D eigenvalue weighted by molar-refractivity contribution is 7.88. The molecule has 1 aromatic heterocycles. The van der Waals surface area contributed by atoms with Crippen molar-refractivity contribution in [2.45, 2.75) is 33.6 Å². The van der Waals surface area contributed by atoms with Gasteiger partial charge in [0.15, 0.2) is 0 Å². The molecule has 0 bridgehead atoms. The van der Waals surface area contributed by atoms with E-state index in [1.54, 1.807) is 0 Å². The van der Waals surface area contributed by atoms with Crippen molar-refractivity contribution in [2.75, 3.05) is 12.8 Å². The average Bonchev–Trinajstić information content (AvgIpc) is 2.95. The molecule has 1 aliphatic carbocycles. The van der Waals surface area contributed by atoms with Gasteiger partial charge in [-0.2, -0.15) is 0 Å². The largest absolute Gasteiger partial charge is 0.342 e. The third kappa shape index (κ3) is 5.12. The van der Waals surface area contributed by atoms with Crippen molar-refractivity contribution in [3.05, 3.63) is 40.7 Å². The van der Waals surface area contributed by atoms with Crippen LogP contribution in [0.2, 0.25) is 5.02 Å². The number of nitrogens with zero attached hydrogens (tertiary/aromatic N) is 1. The number of fused-ring (bicyclic) bond motifs is 1. The van der Waals surface area contributed by atoms with Gasteiger partial charge in [0, 0.05) is 18.0 Å². The Hall–Kier alpha value is -1.37. The molecule has 1 aromatic carbocycles. The molecule has 27 heavy (non-hydrogen) atoms.